The van der Waals surface area contributed by atoms with Crippen LogP contribution in [0, 0.1) is 11.3 Å². The molecule has 0 aromatic heterocycles. The first-order valence-corrected chi connectivity index (χ1v) is 9.30. The number of fused-ring (bicyclic) bond motifs is 1. The SMILES string of the molecule is O=C(C1CC1)[C@]12CNCC[C@@]1(c1ccc(Cl)c(Cl)c1)C2.O=C(O)C(F)(F)F. The summed E-state index contributed by atoms with van der Waals surface area (Å²) in [5.74, 6) is -1.96. The summed E-state index contributed by atoms with van der Waals surface area (Å²) < 4.78 is 31.7. The summed E-state index contributed by atoms with van der Waals surface area (Å²) >= 11 is 12.2. The number of benzene rings is 1. The zero-order valence-electron chi connectivity index (χ0n) is 14.2. The van der Waals surface area contributed by atoms with Crippen LogP contribution >= 0.6 is 23.2 Å². The number of rotatable bonds is 3. The highest BCUT2D eigenvalue weighted by molar-refractivity contribution is 6.42. The quantitative estimate of drug-likeness (QED) is 0.763. The van der Waals surface area contributed by atoms with Gasteiger partial charge in [-0.05, 0) is 49.9 Å². The lowest BCUT2D eigenvalue weighted by Crippen LogP contribution is -2.43. The molecular formula is C18H18Cl2F3NO3. The second kappa shape index (κ2) is 6.94. The first-order chi connectivity index (χ1) is 12.5. The van der Waals surface area contributed by atoms with Crippen molar-refractivity contribution in [2.45, 2.75) is 37.3 Å². The van der Waals surface area contributed by atoms with Crippen molar-refractivity contribution >= 4 is 35.0 Å². The molecule has 1 saturated heterocycles. The maximum absolute atomic E-state index is 12.8. The normalized spacial score (nSPS) is 29.2. The Morgan fingerprint density at radius 3 is 2.33 bits per heavy atom. The predicted octanol–water partition coefficient (Wildman–Crippen LogP) is 4.23. The largest absolute Gasteiger partial charge is 0.490 e. The van der Waals surface area contributed by atoms with Gasteiger partial charge in [0.05, 0.1) is 15.5 Å². The van der Waals surface area contributed by atoms with Crippen LogP contribution in [0.1, 0.15) is 31.2 Å². The zero-order valence-corrected chi connectivity index (χ0v) is 15.7. The van der Waals surface area contributed by atoms with E-state index in [0.717, 1.165) is 38.8 Å². The summed E-state index contributed by atoms with van der Waals surface area (Å²) in [6.07, 6.45) is -0.931. The highest BCUT2D eigenvalue weighted by atomic mass is 35.5. The lowest BCUT2D eigenvalue weighted by molar-refractivity contribution is -0.192. The second-order valence-corrected chi connectivity index (χ2v) is 8.15. The number of ketones is 1. The van der Waals surface area contributed by atoms with E-state index in [4.69, 9.17) is 33.1 Å². The van der Waals surface area contributed by atoms with E-state index in [2.05, 4.69) is 11.4 Å². The minimum atomic E-state index is -5.08. The summed E-state index contributed by atoms with van der Waals surface area (Å²) in [4.78, 5) is 21.7. The van der Waals surface area contributed by atoms with Crippen LogP contribution in [-0.2, 0) is 15.0 Å². The molecule has 1 aromatic rings. The van der Waals surface area contributed by atoms with Gasteiger partial charge in [-0.1, -0.05) is 29.3 Å². The number of alkyl halides is 3. The molecule has 2 aliphatic carbocycles. The number of hydrogen-bond acceptors (Lipinski definition) is 3. The van der Waals surface area contributed by atoms with Crippen molar-refractivity contribution < 1.29 is 27.9 Å². The average Bonchev–Trinajstić information content (AvgIpc) is 3.49. The molecule has 9 heteroatoms. The number of piperidine rings is 1. The topological polar surface area (TPSA) is 66.4 Å². The third-order valence-corrected chi connectivity index (χ3v) is 6.42. The Hall–Kier alpha value is -1.31. The Balaban J connectivity index is 0.000000260. The van der Waals surface area contributed by atoms with Gasteiger partial charge < -0.3 is 10.4 Å². The Morgan fingerprint density at radius 1 is 1.19 bits per heavy atom. The number of halogens is 5. The summed E-state index contributed by atoms with van der Waals surface area (Å²) in [5.41, 5.74) is 1.03. The summed E-state index contributed by atoms with van der Waals surface area (Å²) in [6.45, 7) is 1.79. The molecule has 2 atom stereocenters. The summed E-state index contributed by atoms with van der Waals surface area (Å²) in [7, 11) is 0. The lowest BCUT2D eigenvalue weighted by atomic mass is 9.78. The van der Waals surface area contributed by atoms with Gasteiger partial charge in [0.15, 0.2) is 0 Å². The zero-order chi connectivity index (χ0) is 20.0. The molecule has 0 bridgehead atoms. The van der Waals surface area contributed by atoms with Crippen LogP contribution in [-0.4, -0.2) is 36.1 Å². The maximum Gasteiger partial charge on any atom is 0.490 e. The van der Waals surface area contributed by atoms with Crippen molar-refractivity contribution in [2.75, 3.05) is 13.1 Å². The molecule has 4 rings (SSSR count). The van der Waals surface area contributed by atoms with Crippen LogP contribution in [0.4, 0.5) is 13.2 Å². The number of carbonyl (C=O) groups is 2. The number of nitrogens with one attached hydrogen (secondary N) is 1. The smallest absolute Gasteiger partial charge is 0.475 e. The van der Waals surface area contributed by atoms with E-state index in [1.165, 1.54) is 5.56 Å². The van der Waals surface area contributed by atoms with Gasteiger partial charge in [-0.25, -0.2) is 4.79 Å². The van der Waals surface area contributed by atoms with Crippen molar-refractivity contribution in [3.63, 3.8) is 0 Å². The maximum atomic E-state index is 12.8. The number of carboxylic acids is 1. The fourth-order valence-electron chi connectivity index (χ4n) is 4.10. The molecule has 2 saturated carbocycles. The minimum absolute atomic E-state index is 0.00610. The van der Waals surface area contributed by atoms with E-state index in [9.17, 15) is 18.0 Å². The molecule has 0 amide bonds. The number of hydrogen-bond donors (Lipinski definition) is 2. The summed E-state index contributed by atoms with van der Waals surface area (Å²) in [6, 6.07) is 5.89. The number of carboxylic acid groups (broad SMARTS) is 1. The van der Waals surface area contributed by atoms with Crippen molar-refractivity contribution in [3.05, 3.63) is 33.8 Å². The van der Waals surface area contributed by atoms with Crippen molar-refractivity contribution in [3.8, 4) is 0 Å². The molecule has 2 N–H and O–H groups in total. The van der Waals surface area contributed by atoms with Gasteiger partial charge in [0.2, 0.25) is 0 Å². The van der Waals surface area contributed by atoms with Gasteiger partial charge in [0.1, 0.15) is 5.78 Å². The van der Waals surface area contributed by atoms with E-state index in [1.54, 1.807) is 0 Å². The number of Topliss-reactive ketones (excluding diaryl/α,β-unsaturated/α-hetero) is 1. The molecule has 0 unspecified atom stereocenters. The molecule has 27 heavy (non-hydrogen) atoms. The molecule has 0 radical (unpaired) electrons. The van der Waals surface area contributed by atoms with Crippen LogP contribution in [0.5, 0.6) is 0 Å². The fourth-order valence-corrected chi connectivity index (χ4v) is 4.39. The monoisotopic (exact) mass is 423 g/mol. The third-order valence-electron chi connectivity index (χ3n) is 5.68. The van der Waals surface area contributed by atoms with Gasteiger partial charge in [-0.3, -0.25) is 4.79 Å². The predicted molar refractivity (Wildman–Crippen MR) is 94.1 cm³/mol. The molecule has 0 spiro atoms. The molecule has 148 valence electrons. The Morgan fingerprint density at radius 2 is 1.81 bits per heavy atom. The number of aliphatic carboxylic acids is 1. The molecule has 4 nitrogen and oxygen atoms in total. The van der Waals surface area contributed by atoms with Crippen molar-refractivity contribution in [2.24, 2.45) is 11.3 Å². The van der Waals surface area contributed by atoms with Crippen molar-refractivity contribution in [1.29, 1.82) is 0 Å². The lowest BCUT2D eigenvalue weighted by Gasteiger charge is -2.31. The van der Waals surface area contributed by atoms with Crippen molar-refractivity contribution in [1.82, 2.24) is 5.32 Å². The molecule has 1 aliphatic heterocycles. The van der Waals surface area contributed by atoms with Gasteiger partial charge in [-0.2, -0.15) is 13.2 Å². The van der Waals surface area contributed by atoms with Gasteiger partial charge in [-0.15, -0.1) is 0 Å². The summed E-state index contributed by atoms with van der Waals surface area (Å²) in [5, 5.41) is 11.7. The Labute approximate surface area is 164 Å². The van der Waals surface area contributed by atoms with E-state index < -0.39 is 12.1 Å². The van der Waals surface area contributed by atoms with Crippen LogP contribution in [0.25, 0.3) is 0 Å². The van der Waals surface area contributed by atoms with Crippen LogP contribution in [0.15, 0.2) is 18.2 Å². The molecule has 3 fully saturated rings. The Kier molecular flexibility index (Phi) is 5.25. The minimum Gasteiger partial charge on any atom is -0.475 e. The Bertz CT molecular complexity index is 782. The number of carbonyl (C=O) groups excluding carboxylic acids is 1. The molecular weight excluding hydrogens is 406 g/mol. The molecule has 1 heterocycles. The second-order valence-electron chi connectivity index (χ2n) is 7.34. The highest BCUT2D eigenvalue weighted by Gasteiger charge is 2.73. The van der Waals surface area contributed by atoms with E-state index in [-0.39, 0.29) is 10.8 Å². The fraction of sp³-hybridized carbons (Fsp3) is 0.556. The third kappa shape index (κ3) is 3.69. The van der Waals surface area contributed by atoms with E-state index >= 15 is 0 Å². The van der Waals surface area contributed by atoms with Gasteiger partial charge in [0.25, 0.3) is 0 Å². The van der Waals surface area contributed by atoms with Crippen LogP contribution < -0.4 is 5.32 Å². The van der Waals surface area contributed by atoms with Gasteiger partial charge in [0, 0.05) is 17.9 Å². The molecule has 3 aliphatic rings. The van der Waals surface area contributed by atoms with Crippen LogP contribution in [0.3, 0.4) is 0 Å². The average molecular weight is 424 g/mol. The van der Waals surface area contributed by atoms with E-state index in [0.29, 0.717) is 21.7 Å². The first kappa shape index (κ1) is 20.4. The molecule has 1 aromatic carbocycles. The van der Waals surface area contributed by atoms with Crippen LogP contribution in [0.2, 0.25) is 10.0 Å². The highest BCUT2D eigenvalue weighted by Crippen LogP contribution is 2.70. The van der Waals surface area contributed by atoms with E-state index in [1.807, 2.05) is 12.1 Å². The standard InChI is InChI=1S/C16H17Cl2NO.C2HF3O2/c17-12-4-3-11(7-13(12)18)15-5-6-19-9-16(15,8-15)14(20)10-1-2-10;3-2(4,5)1(6)7/h3-4,7,10,19H,1-2,5-6,8-9H2;(H,6,7)/t15-,16-;/m0./s1. The van der Waals surface area contributed by atoms with Gasteiger partial charge >= 0.3 is 12.1 Å². The first-order valence-electron chi connectivity index (χ1n) is 8.54.